The third kappa shape index (κ3) is 2.50. The fourth-order valence-corrected chi connectivity index (χ4v) is 2.62. The number of nitrogens with zero attached hydrogens (tertiary/aromatic N) is 3. The molecular weight excluding hydrogens is 281 g/mol. The predicted octanol–water partition coefficient (Wildman–Crippen LogP) is 3.24. The molecule has 1 atom stereocenters. The number of benzene rings is 1. The summed E-state index contributed by atoms with van der Waals surface area (Å²) in [5.41, 5.74) is 2.13. The first-order valence-electron chi connectivity index (χ1n) is 7.19. The second-order valence-electron chi connectivity index (χ2n) is 5.30. The Bertz CT molecular complexity index is 888. The van der Waals surface area contributed by atoms with E-state index < -0.39 is 5.82 Å². The standard InChI is InChI=1S/C17H16FN3O/c1-3-16(15-8-11(2)6-7-19-15)21-10-20-14-5-4-12(18)9-13(14)17(21)22/h4-10,16H,3H2,1-2H3. The maximum Gasteiger partial charge on any atom is 0.261 e. The third-order valence-electron chi connectivity index (χ3n) is 3.75. The quantitative estimate of drug-likeness (QED) is 0.745. The van der Waals surface area contributed by atoms with E-state index in [1.807, 2.05) is 26.0 Å². The van der Waals surface area contributed by atoms with Crippen LogP contribution in [0.2, 0.25) is 0 Å². The van der Waals surface area contributed by atoms with Crippen LogP contribution in [0.1, 0.15) is 30.6 Å². The zero-order valence-corrected chi connectivity index (χ0v) is 12.5. The summed E-state index contributed by atoms with van der Waals surface area (Å²) in [6.45, 7) is 3.96. The molecule has 1 unspecified atom stereocenters. The average Bonchev–Trinajstić information content (AvgIpc) is 2.51. The summed E-state index contributed by atoms with van der Waals surface area (Å²) in [5.74, 6) is -0.439. The molecule has 0 aliphatic heterocycles. The largest absolute Gasteiger partial charge is 0.290 e. The fraction of sp³-hybridized carbons (Fsp3) is 0.235. The molecule has 0 radical (unpaired) electrons. The van der Waals surface area contributed by atoms with Gasteiger partial charge in [-0.15, -0.1) is 0 Å². The number of hydrogen-bond donors (Lipinski definition) is 0. The molecule has 5 heteroatoms. The van der Waals surface area contributed by atoms with Gasteiger partial charge in [0.05, 0.1) is 29.0 Å². The normalized spacial score (nSPS) is 12.5. The smallest absolute Gasteiger partial charge is 0.261 e. The van der Waals surface area contributed by atoms with Crippen LogP contribution in [0.4, 0.5) is 4.39 Å². The van der Waals surface area contributed by atoms with E-state index in [2.05, 4.69) is 9.97 Å². The molecule has 0 aliphatic rings. The Morgan fingerprint density at radius 2 is 2.05 bits per heavy atom. The lowest BCUT2D eigenvalue weighted by Gasteiger charge is -2.18. The molecule has 0 amide bonds. The van der Waals surface area contributed by atoms with Gasteiger partial charge in [-0.1, -0.05) is 6.92 Å². The lowest BCUT2D eigenvalue weighted by molar-refractivity contribution is 0.530. The number of hydrogen-bond acceptors (Lipinski definition) is 3. The maximum absolute atomic E-state index is 13.4. The topological polar surface area (TPSA) is 47.8 Å². The number of pyridine rings is 1. The van der Waals surface area contributed by atoms with Crippen molar-refractivity contribution in [1.29, 1.82) is 0 Å². The zero-order valence-electron chi connectivity index (χ0n) is 12.5. The highest BCUT2D eigenvalue weighted by Gasteiger charge is 2.16. The highest BCUT2D eigenvalue weighted by Crippen LogP contribution is 2.20. The molecule has 0 aliphatic carbocycles. The SMILES string of the molecule is CCC(c1cc(C)ccn1)n1cnc2ccc(F)cc2c1=O. The monoisotopic (exact) mass is 297 g/mol. The molecule has 4 nitrogen and oxygen atoms in total. The molecule has 112 valence electrons. The second kappa shape index (κ2) is 5.67. The van der Waals surface area contributed by atoms with Crippen LogP contribution in [-0.2, 0) is 0 Å². The van der Waals surface area contributed by atoms with Crippen molar-refractivity contribution in [3.63, 3.8) is 0 Å². The van der Waals surface area contributed by atoms with Crippen molar-refractivity contribution >= 4 is 10.9 Å². The van der Waals surface area contributed by atoms with Crippen molar-refractivity contribution in [1.82, 2.24) is 14.5 Å². The van der Waals surface area contributed by atoms with E-state index >= 15 is 0 Å². The van der Waals surface area contributed by atoms with E-state index in [9.17, 15) is 9.18 Å². The van der Waals surface area contributed by atoms with Crippen LogP contribution >= 0.6 is 0 Å². The predicted molar refractivity (Wildman–Crippen MR) is 83.4 cm³/mol. The van der Waals surface area contributed by atoms with Gasteiger partial charge in [0, 0.05) is 6.20 Å². The first-order valence-corrected chi connectivity index (χ1v) is 7.19. The van der Waals surface area contributed by atoms with Crippen LogP contribution in [0, 0.1) is 12.7 Å². The number of fused-ring (bicyclic) bond motifs is 1. The van der Waals surface area contributed by atoms with E-state index in [4.69, 9.17) is 0 Å². The van der Waals surface area contributed by atoms with E-state index in [0.717, 1.165) is 11.3 Å². The Kier molecular flexibility index (Phi) is 3.71. The Balaban J connectivity index is 2.19. The van der Waals surface area contributed by atoms with Crippen LogP contribution in [-0.4, -0.2) is 14.5 Å². The van der Waals surface area contributed by atoms with Gasteiger partial charge in [0.25, 0.3) is 5.56 Å². The van der Waals surface area contributed by atoms with E-state index in [0.29, 0.717) is 11.9 Å². The zero-order chi connectivity index (χ0) is 15.7. The molecule has 1 aromatic carbocycles. The maximum atomic E-state index is 13.4. The average molecular weight is 297 g/mol. The van der Waals surface area contributed by atoms with Gasteiger partial charge in [-0.25, -0.2) is 9.37 Å². The van der Waals surface area contributed by atoms with Crippen LogP contribution < -0.4 is 5.56 Å². The molecule has 22 heavy (non-hydrogen) atoms. The summed E-state index contributed by atoms with van der Waals surface area (Å²) in [5, 5.41) is 0.286. The molecule has 0 N–H and O–H groups in total. The van der Waals surface area contributed by atoms with Crippen LogP contribution in [0.15, 0.2) is 47.7 Å². The molecule has 0 fully saturated rings. The molecule has 0 spiro atoms. The van der Waals surface area contributed by atoms with Crippen molar-refractivity contribution in [3.05, 3.63) is 70.3 Å². The van der Waals surface area contributed by atoms with Gasteiger partial charge in [-0.2, -0.15) is 0 Å². The number of aryl methyl sites for hydroxylation is 1. The van der Waals surface area contributed by atoms with Crippen molar-refractivity contribution in [2.75, 3.05) is 0 Å². The van der Waals surface area contributed by atoms with Crippen molar-refractivity contribution in [3.8, 4) is 0 Å². The minimum absolute atomic E-state index is 0.215. The molecule has 0 bridgehead atoms. The summed E-state index contributed by atoms with van der Waals surface area (Å²) in [6, 6.07) is 7.70. The van der Waals surface area contributed by atoms with Gasteiger partial charge in [-0.3, -0.25) is 14.3 Å². The molecular formula is C17H16FN3O. The van der Waals surface area contributed by atoms with E-state index in [1.165, 1.54) is 29.1 Å². The molecule has 0 saturated carbocycles. The van der Waals surface area contributed by atoms with Gasteiger partial charge in [-0.05, 0) is 49.2 Å². The van der Waals surface area contributed by atoms with Crippen LogP contribution in [0.25, 0.3) is 10.9 Å². The van der Waals surface area contributed by atoms with E-state index in [1.54, 1.807) is 6.20 Å². The molecule has 2 aromatic heterocycles. The number of rotatable bonds is 3. The van der Waals surface area contributed by atoms with Crippen molar-refractivity contribution < 1.29 is 4.39 Å². The number of halogens is 1. The summed E-state index contributed by atoms with van der Waals surface area (Å²) in [7, 11) is 0. The Hall–Kier alpha value is -2.56. The van der Waals surface area contributed by atoms with Crippen molar-refractivity contribution in [2.24, 2.45) is 0 Å². The van der Waals surface area contributed by atoms with Gasteiger partial charge in [0.15, 0.2) is 0 Å². The van der Waals surface area contributed by atoms with Gasteiger partial charge in [0.1, 0.15) is 5.82 Å². The first-order chi connectivity index (χ1) is 10.6. The Morgan fingerprint density at radius 3 is 2.77 bits per heavy atom. The highest BCUT2D eigenvalue weighted by atomic mass is 19.1. The van der Waals surface area contributed by atoms with Gasteiger partial charge in [0.2, 0.25) is 0 Å². The van der Waals surface area contributed by atoms with Gasteiger partial charge >= 0.3 is 0 Å². The summed E-state index contributed by atoms with van der Waals surface area (Å²) >= 11 is 0. The lowest BCUT2D eigenvalue weighted by Crippen LogP contribution is -2.26. The molecule has 3 aromatic rings. The first kappa shape index (κ1) is 14.4. The van der Waals surface area contributed by atoms with E-state index in [-0.39, 0.29) is 17.0 Å². The molecule has 2 heterocycles. The van der Waals surface area contributed by atoms with Crippen LogP contribution in [0.5, 0.6) is 0 Å². The van der Waals surface area contributed by atoms with Crippen LogP contribution in [0.3, 0.4) is 0 Å². The Morgan fingerprint density at radius 1 is 1.23 bits per heavy atom. The summed E-state index contributed by atoms with van der Waals surface area (Å²) < 4.78 is 15.0. The van der Waals surface area contributed by atoms with Gasteiger partial charge < -0.3 is 0 Å². The third-order valence-corrected chi connectivity index (χ3v) is 3.75. The lowest BCUT2D eigenvalue weighted by atomic mass is 10.1. The highest BCUT2D eigenvalue weighted by molar-refractivity contribution is 5.77. The number of aromatic nitrogens is 3. The summed E-state index contributed by atoms with van der Waals surface area (Å²) in [4.78, 5) is 21.3. The fourth-order valence-electron chi connectivity index (χ4n) is 2.62. The van der Waals surface area contributed by atoms with Crippen molar-refractivity contribution in [2.45, 2.75) is 26.3 Å². The second-order valence-corrected chi connectivity index (χ2v) is 5.30. The molecule has 3 rings (SSSR count). The minimum Gasteiger partial charge on any atom is -0.290 e. The minimum atomic E-state index is -0.439. The Labute approximate surface area is 127 Å². The summed E-state index contributed by atoms with van der Waals surface area (Å²) in [6.07, 6.45) is 3.94. The molecule has 0 saturated heterocycles.